The largest absolute Gasteiger partial charge is 0.455 e. The van der Waals surface area contributed by atoms with Crippen LogP contribution in [0, 0.1) is 10.1 Å². The fourth-order valence-electron chi connectivity index (χ4n) is 2.03. The van der Waals surface area contributed by atoms with Crippen molar-refractivity contribution >= 4 is 40.8 Å². The molecule has 1 aromatic carbocycles. The zero-order valence-electron chi connectivity index (χ0n) is 12.5. The summed E-state index contributed by atoms with van der Waals surface area (Å²) in [5.74, 6) is 0.897. The molecule has 0 amide bonds. The zero-order chi connectivity index (χ0) is 17.8. The van der Waals surface area contributed by atoms with E-state index in [1.165, 1.54) is 18.3 Å². The minimum atomic E-state index is -0.594. The van der Waals surface area contributed by atoms with Gasteiger partial charge in [0.2, 0.25) is 0 Å². The predicted octanol–water partition coefficient (Wildman–Crippen LogP) is 5.00. The standard InChI is InChI=1S/C16H10Cl2N4O3/c17-13-8-15(22(23)24)14(18)7-12(13)16-2-1-11(25-16)9-20-21-10-3-5-19-6-4-10/h1-9H,(H,19,21)/b20-9-. The second-order valence-corrected chi connectivity index (χ2v) is 5.66. The van der Waals surface area contributed by atoms with Gasteiger partial charge in [-0.2, -0.15) is 5.10 Å². The second kappa shape index (κ2) is 7.33. The molecular formula is C16H10Cl2N4O3. The lowest BCUT2D eigenvalue weighted by molar-refractivity contribution is -0.384. The molecule has 0 spiro atoms. The Kier molecular flexibility index (Phi) is 4.97. The lowest BCUT2D eigenvalue weighted by atomic mass is 10.1. The maximum atomic E-state index is 10.9. The highest BCUT2D eigenvalue weighted by atomic mass is 35.5. The maximum Gasteiger partial charge on any atom is 0.289 e. The third kappa shape index (κ3) is 3.96. The van der Waals surface area contributed by atoms with Crippen molar-refractivity contribution < 1.29 is 9.34 Å². The number of nitro benzene ring substituents is 1. The molecule has 0 radical (unpaired) electrons. The van der Waals surface area contributed by atoms with Crippen molar-refractivity contribution in [3.8, 4) is 11.3 Å². The lowest BCUT2D eigenvalue weighted by Crippen LogP contribution is -1.90. The summed E-state index contributed by atoms with van der Waals surface area (Å²) in [6.45, 7) is 0. The smallest absolute Gasteiger partial charge is 0.289 e. The van der Waals surface area contributed by atoms with Crippen LogP contribution in [-0.2, 0) is 0 Å². The first-order valence-corrected chi connectivity index (χ1v) is 7.73. The van der Waals surface area contributed by atoms with E-state index in [-0.39, 0.29) is 15.7 Å². The van der Waals surface area contributed by atoms with E-state index in [0.29, 0.717) is 17.1 Å². The van der Waals surface area contributed by atoms with E-state index in [1.807, 2.05) is 0 Å². The van der Waals surface area contributed by atoms with Crippen LogP contribution >= 0.6 is 23.2 Å². The molecule has 2 aromatic heterocycles. The molecule has 0 aliphatic heterocycles. The van der Waals surface area contributed by atoms with Gasteiger partial charge in [0.1, 0.15) is 16.5 Å². The number of rotatable bonds is 5. The number of hydrogen-bond donors (Lipinski definition) is 1. The van der Waals surface area contributed by atoms with Crippen molar-refractivity contribution in [2.24, 2.45) is 5.10 Å². The molecule has 7 nitrogen and oxygen atoms in total. The van der Waals surface area contributed by atoms with E-state index in [1.54, 1.807) is 36.7 Å². The summed E-state index contributed by atoms with van der Waals surface area (Å²) in [5.41, 5.74) is 3.81. The molecule has 0 aliphatic carbocycles. The molecule has 0 saturated heterocycles. The van der Waals surface area contributed by atoms with Gasteiger partial charge >= 0.3 is 0 Å². The van der Waals surface area contributed by atoms with E-state index in [0.717, 1.165) is 5.69 Å². The van der Waals surface area contributed by atoms with Crippen molar-refractivity contribution in [1.29, 1.82) is 0 Å². The van der Waals surface area contributed by atoms with Gasteiger partial charge in [-0.25, -0.2) is 0 Å². The number of pyridine rings is 1. The molecule has 0 aliphatic rings. The number of aromatic nitrogens is 1. The Labute approximate surface area is 152 Å². The first kappa shape index (κ1) is 16.9. The van der Waals surface area contributed by atoms with Crippen molar-refractivity contribution in [2.45, 2.75) is 0 Å². The molecular weight excluding hydrogens is 367 g/mol. The molecule has 1 N–H and O–H groups in total. The zero-order valence-corrected chi connectivity index (χ0v) is 14.0. The molecule has 3 aromatic rings. The number of nitrogens with zero attached hydrogens (tertiary/aromatic N) is 3. The molecule has 126 valence electrons. The summed E-state index contributed by atoms with van der Waals surface area (Å²) in [7, 11) is 0. The SMILES string of the molecule is O=[N+]([O-])c1cc(Cl)c(-c2ccc(/C=N\Nc3ccncc3)o2)cc1Cl. The van der Waals surface area contributed by atoms with Gasteiger partial charge in [-0.15, -0.1) is 0 Å². The molecule has 2 heterocycles. The van der Waals surface area contributed by atoms with E-state index in [4.69, 9.17) is 27.6 Å². The van der Waals surface area contributed by atoms with Crippen LogP contribution in [-0.4, -0.2) is 16.1 Å². The predicted molar refractivity (Wildman–Crippen MR) is 96.3 cm³/mol. The summed E-state index contributed by atoms with van der Waals surface area (Å²) >= 11 is 12.0. The Balaban J connectivity index is 1.79. The van der Waals surface area contributed by atoms with Crippen LogP contribution in [0.1, 0.15) is 5.76 Å². The number of nitro groups is 1. The number of hydrazone groups is 1. The first-order chi connectivity index (χ1) is 12.0. The van der Waals surface area contributed by atoms with Crippen LogP contribution in [0.25, 0.3) is 11.3 Å². The summed E-state index contributed by atoms with van der Waals surface area (Å²) in [6.07, 6.45) is 4.77. The maximum absolute atomic E-state index is 10.9. The molecule has 9 heteroatoms. The number of nitrogens with one attached hydrogen (secondary N) is 1. The molecule has 0 saturated carbocycles. The highest BCUT2D eigenvalue weighted by Gasteiger charge is 2.18. The van der Waals surface area contributed by atoms with Crippen LogP contribution in [0.2, 0.25) is 10.0 Å². The van der Waals surface area contributed by atoms with Gasteiger partial charge in [0.25, 0.3) is 5.69 Å². The van der Waals surface area contributed by atoms with E-state index in [9.17, 15) is 10.1 Å². The summed E-state index contributed by atoms with van der Waals surface area (Å²) in [6, 6.07) is 9.50. The van der Waals surface area contributed by atoms with Gasteiger partial charge in [-0.3, -0.25) is 20.5 Å². The van der Waals surface area contributed by atoms with E-state index in [2.05, 4.69) is 15.5 Å². The monoisotopic (exact) mass is 376 g/mol. The highest BCUT2D eigenvalue weighted by molar-refractivity contribution is 6.36. The number of halogens is 2. The van der Waals surface area contributed by atoms with Crippen molar-refractivity contribution in [2.75, 3.05) is 5.43 Å². The molecule has 0 unspecified atom stereocenters. The quantitative estimate of drug-likeness (QED) is 0.384. The molecule has 3 rings (SSSR count). The van der Waals surface area contributed by atoms with Gasteiger partial charge in [-0.1, -0.05) is 23.2 Å². The van der Waals surface area contributed by atoms with Gasteiger partial charge in [0, 0.05) is 24.0 Å². The highest BCUT2D eigenvalue weighted by Crippen LogP contribution is 2.37. The van der Waals surface area contributed by atoms with Crippen molar-refractivity contribution in [1.82, 2.24) is 4.98 Å². The Morgan fingerprint density at radius 3 is 2.64 bits per heavy atom. The Hall–Kier alpha value is -2.90. The number of benzene rings is 1. The summed E-state index contributed by atoms with van der Waals surface area (Å²) < 4.78 is 5.63. The normalized spacial score (nSPS) is 11.0. The molecule has 0 atom stereocenters. The summed E-state index contributed by atoms with van der Waals surface area (Å²) in [4.78, 5) is 14.2. The molecule has 0 bridgehead atoms. The number of furan rings is 1. The van der Waals surface area contributed by atoms with Crippen molar-refractivity contribution in [3.63, 3.8) is 0 Å². The topological polar surface area (TPSA) is 93.6 Å². The minimum absolute atomic E-state index is 0.0182. The van der Waals surface area contributed by atoms with Gasteiger partial charge in [-0.05, 0) is 30.3 Å². The third-order valence-electron chi connectivity index (χ3n) is 3.19. The van der Waals surface area contributed by atoms with E-state index < -0.39 is 4.92 Å². The van der Waals surface area contributed by atoms with Crippen LogP contribution < -0.4 is 5.43 Å². The van der Waals surface area contributed by atoms with Crippen LogP contribution in [0.15, 0.2) is 58.3 Å². The Morgan fingerprint density at radius 2 is 1.92 bits per heavy atom. The Bertz CT molecular complexity index is 942. The second-order valence-electron chi connectivity index (χ2n) is 4.85. The van der Waals surface area contributed by atoms with E-state index >= 15 is 0 Å². The van der Waals surface area contributed by atoms with Gasteiger partial charge in [0.05, 0.1) is 21.8 Å². The van der Waals surface area contributed by atoms with Crippen LogP contribution in [0.3, 0.4) is 0 Å². The number of hydrogen-bond acceptors (Lipinski definition) is 6. The molecule has 0 fully saturated rings. The lowest BCUT2D eigenvalue weighted by Gasteiger charge is -2.02. The van der Waals surface area contributed by atoms with Crippen LogP contribution in [0.4, 0.5) is 11.4 Å². The van der Waals surface area contributed by atoms with Gasteiger partial charge in [0.15, 0.2) is 0 Å². The average molecular weight is 377 g/mol. The average Bonchev–Trinajstić information content (AvgIpc) is 3.06. The first-order valence-electron chi connectivity index (χ1n) is 6.97. The van der Waals surface area contributed by atoms with Crippen molar-refractivity contribution in [3.05, 3.63) is 74.7 Å². The third-order valence-corrected chi connectivity index (χ3v) is 3.81. The fraction of sp³-hybridized carbons (Fsp3) is 0. The Morgan fingerprint density at radius 1 is 1.16 bits per heavy atom. The van der Waals surface area contributed by atoms with Gasteiger partial charge < -0.3 is 4.42 Å². The summed E-state index contributed by atoms with van der Waals surface area (Å²) in [5, 5.41) is 15.1. The molecule has 25 heavy (non-hydrogen) atoms. The number of anilines is 1. The fourth-order valence-corrected chi connectivity index (χ4v) is 2.51. The van der Waals surface area contributed by atoms with Crippen LogP contribution in [0.5, 0.6) is 0 Å². The minimum Gasteiger partial charge on any atom is -0.455 e.